The first kappa shape index (κ1) is 26.7. The van der Waals surface area contributed by atoms with Crippen molar-refractivity contribution in [3.63, 3.8) is 0 Å². The van der Waals surface area contributed by atoms with Gasteiger partial charge in [0, 0.05) is 28.2 Å². The number of halogens is 1. The third-order valence-electron chi connectivity index (χ3n) is 5.24. The lowest BCUT2D eigenvalue weighted by Crippen LogP contribution is -2.13. The Morgan fingerprint density at radius 2 is 1.83 bits per heavy atom. The number of carboxylic acid groups (broad SMARTS) is 1. The summed E-state index contributed by atoms with van der Waals surface area (Å²) >= 11 is 5.52. The van der Waals surface area contributed by atoms with Crippen molar-refractivity contribution in [3.8, 4) is 11.3 Å². The average Bonchev–Trinajstić information content (AvgIpc) is 3.09. The molecule has 186 valence electrons. The monoisotopic (exact) mass is 505 g/mol. The van der Waals surface area contributed by atoms with Crippen molar-refractivity contribution >= 4 is 40.3 Å². The van der Waals surface area contributed by atoms with E-state index in [2.05, 4.69) is 12.2 Å². The van der Waals surface area contributed by atoms with E-state index in [-0.39, 0.29) is 12.2 Å². The van der Waals surface area contributed by atoms with E-state index in [1.165, 1.54) is 12.1 Å². The molecule has 0 atom stereocenters. The fraction of sp³-hybridized carbons (Fsp3) is 0.179. The molecule has 36 heavy (non-hydrogen) atoms. The number of anilines is 1. The predicted molar refractivity (Wildman–Crippen MR) is 144 cm³/mol. The van der Waals surface area contributed by atoms with E-state index in [1.807, 2.05) is 54.6 Å². The van der Waals surface area contributed by atoms with Gasteiger partial charge in [-0.2, -0.15) is 0 Å². The Kier molecular flexibility index (Phi) is 9.80. The maximum Gasteiger partial charge on any atom is 0.411 e. The summed E-state index contributed by atoms with van der Waals surface area (Å²) in [4.78, 5) is 26.9. The average molecular weight is 506 g/mol. The fourth-order valence-electron chi connectivity index (χ4n) is 3.45. The lowest BCUT2D eigenvalue weighted by molar-refractivity contribution is 0.0697. The van der Waals surface area contributed by atoms with Gasteiger partial charge in [-0.1, -0.05) is 67.4 Å². The maximum atomic E-state index is 12.0. The Hall–Kier alpha value is -3.94. The third-order valence-corrected chi connectivity index (χ3v) is 5.49. The number of hydrogen-bond acceptors (Lipinski definition) is 5. The minimum absolute atomic E-state index is 0.254. The van der Waals surface area contributed by atoms with Gasteiger partial charge in [0.1, 0.15) is 6.61 Å². The van der Waals surface area contributed by atoms with Gasteiger partial charge in [0.2, 0.25) is 0 Å². The maximum absolute atomic E-state index is 12.0. The highest BCUT2D eigenvalue weighted by Gasteiger charge is 2.14. The van der Waals surface area contributed by atoms with Gasteiger partial charge in [0.25, 0.3) is 0 Å². The van der Waals surface area contributed by atoms with Crippen LogP contribution in [0, 0.1) is 0 Å². The van der Waals surface area contributed by atoms with E-state index in [0.29, 0.717) is 17.3 Å². The number of unbranched alkanes of at least 4 members (excludes halogenated alkanes) is 1. The number of nitrogens with one attached hydrogen (secondary N) is 1. The van der Waals surface area contributed by atoms with E-state index in [9.17, 15) is 9.59 Å². The fourth-order valence-corrected chi connectivity index (χ4v) is 3.58. The van der Waals surface area contributed by atoms with Crippen LogP contribution in [-0.4, -0.2) is 28.8 Å². The number of benzene rings is 2. The molecular weight excluding hydrogens is 478 g/mol. The molecule has 0 unspecified atom stereocenters. The summed E-state index contributed by atoms with van der Waals surface area (Å²) in [5.41, 5.74) is 10.5. The van der Waals surface area contributed by atoms with Crippen LogP contribution in [0.15, 0.2) is 78.9 Å². The van der Waals surface area contributed by atoms with Crippen LogP contribution in [0.3, 0.4) is 0 Å². The summed E-state index contributed by atoms with van der Waals surface area (Å²) in [6, 6.07) is 19.6. The normalized spacial score (nSPS) is 10.8. The number of ether oxygens (including phenoxy) is 1. The first-order valence-corrected chi connectivity index (χ1v) is 11.9. The highest BCUT2D eigenvalue weighted by Crippen LogP contribution is 2.33. The lowest BCUT2D eigenvalue weighted by atomic mass is 10.1. The number of rotatable bonds is 7. The number of nitrogens with two attached hydrogens (primary N) is 1. The van der Waals surface area contributed by atoms with E-state index in [0.717, 1.165) is 40.6 Å². The number of hydrogen-bond donors (Lipinski definition) is 3. The Bertz CT molecular complexity index is 1320. The molecule has 0 saturated carbocycles. The largest absolute Gasteiger partial charge is 0.478 e. The van der Waals surface area contributed by atoms with Crippen LogP contribution in [0.5, 0.6) is 0 Å². The van der Waals surface area contributed by atoms with Crippen LogP contribution < -0.4 is 11.1 Å². The van der Waals surface area contributed by atoms with E-state index >= 15 is 0 Å². The smallest absolute Gasteiger partial charge is 0.411 e. The Morgan fingerprint density at radius 3 is 2.53 bits per heavy atom. The summed E-state index contributed by atoms with van der Waals surface area (Å²) in [5, 5.41) is 12.8. The minimum atomic E-state index is -0.934. The predicted octanol–water partition coefficient (Wildman–Crippen LogP) is 6.74. The third kappa shape index (κ3) is 7.28. The first-order chi connectivity index (χ1) is 17.4. The van der Waals surface area contributed by atoms with Gasteiger partial charge in [-0.3, -0.25) is 5.32 Å². The Labute approximate surface area is 214 Å². The molecule has 0 fully saturated rings. The van der Waals surface area contributed by atoms with Crippen LogP contribution in [0.1, 0.15) is 35.7 Å². The molecule has 0 bridgehead atoms. The SMILES string of the molecule is CCCC=CCOC(=O)Nc1cccc2c3cccc(CN)c3nc-2c1.O=C(O)c1ccc(Cl)cc1. The zero-order chi connectivity index (χ0) is 25.9. The van der Waals surface area contributed by atoms with Gasteiger partial charge in [-0.15, -0.1) is 0 Å². The number of carbonyl (C=O) groups is 2. The topological polar surface area (TPSA) is 115 Å². The second kappa shape index (κ2) is 13.2. The molecule has 1 heterocycles. The van der Waals surface area contributed by atoms with E-state index < -0.39 is 12.1 Å². The van der Waals surface area contributed by atoms with E-state index in [1.54, 1.807) is 12.1 Å². The summed E-state index contributed by atoms with van der Waals surface area (Å²) in [7, 11) is 0. The molecule has 1 aliphatic heterocycles. The second-order valence-electron chi connectivity index (χ2n) is 7.85. The minimum Gasteiger partial charge on any atom is -0.478 e. The molecule has 7 nitrogen and oxygen atoms in total. The first-order valence-electron chi connectivity index (χ1n) is 11.5. The molecule has 2 aromatic carbocycles. The van der Waals surface area contributed by atoms with Crippen LogP contribution in [0.2, 0.25) is 5.02 Å². The number of amides is 1. The molecular formula is C28H28ClN3O4. The number of allylic oxidation sites excluding steroid dienone is 1. The van der Waals surface area contributed by atoms with Gasteiger partial charge < -0.3 is 15.6 Å². The van der Waals surface area contributed by atoms with Crippen molar-refractivity contribution in [3.05, 3.63) is 95.0 Å². The summed E-state index contributed by atoms with van der Waals surface area (Å²) in [6.07, 6.45) is 5.44. The number of aromatic nitrogens is 1. The van der Waals surface area contributed by atoms with Crippen LogP contribution in [-0.2, 0) is 11.3 Å². The zero-order valence-electron chi connectivity index (χ0n) is 19.9. The van der Waals surface area contributed by atoms with Crippen molar-refractivity contribution in [2.75, 3.05) is 11.9 Å². The lowest BCUT2D eigenvalue weighted by Gasteiger charge is -2.03. The van der Waals surface area contributed by atoms with Crippen molar-refractivity contribution in [1.82, 2.24) is 4.98 Å². The molecule has 2 aromatic rings. The molecule has 4 rings (SSSR count). The quantitative estimate of drug-likeness (QED) is 0.239. The number of aromatic carboxylic acids is 1. The number of nitrogens with zero attached hydrogens (tertiary/aromatic N) is 1. The Balaban J connectivity index is 0.000000303. The number of carbonyl (C=O) groups excluding carboxylic acids is 1. The van der Waals surface area contributed by atoms with Gasteiger partial charge in [0.05, 0.1) is 16.8 Å². The van der Waals surface area contributed by atoms with Gasteiger partial charge in [-0.25, -0.2) is 14.6 Å². The van der Waals surface area contributed by atoms with Crippen molar-refractivity contribution < 1.29 is 19.4 Å². The number of carboxylic acids is 1. The molecule has 2 aliphatic rings. The molecule has 4 N–H and O–H groups in total. The van der Waals surface area contributed by atoms with Gasteiger partial charge in [0.15, 0.2) is 0 Å². The van der Waals surface area contributed by atoms with Gasteiger partial charge >= 0.3 is 12.1 Å². The second-order valence-corrected chi connectivity index (χ2v) is 8.29. The molecule has 8 heteroatoms. The summed E-state index contributed by atoms with van der Waals surface area (Å²) in [5.74, 6) is -0.934. The van der Waals surface area contributed by atoms with E-state index in [4.69, 9.17) is 32.2 Å². The van der Waals surface area contributed by atoms with Crippen molar-refractivity contribution in [1.29, 1.82) is 0 Å². The standard InChI is InChI=1S/C21H23N3O2.C7H5ClO2/c1-2-3-4-5-12-26-21(25)23-16-9-7-10-17-18-11-6-8-15(14-22)20(18)24-19(17)13-16;8-6-3-1-5(2-4-6)7(9)10/h4-11,13H,2-3,12,14,22H2,1H3,(H,23,25);1-4H,(H,9,10). The highest BCUT2D eigenvalue weighted by molar-refractivity contribution is 6.30. The zero-order valence-corrected chi connectivity index (χ0v) is 20.7. The molecule has 1 aliphatic carbocycles. The molecule has 0 spiro atoms. The van der Waals surface area contributed by atoms with Gasteiger partial charge in [-0.05, 0) is 48.4 Å². The molecule has 1 amide bonds. The molecule has 0 radical (unpaired) electrons. The Morgan fingerprint density at radius 1 is 1.08 bits per heavy atom. The van der Waals surface area contributed by atoms with Crippen LogP contribution >= 0.6 is 11.6 Å². The van der Waals surface area contributed by atoms with Crippen molar-refractivity contribution in [2.24, 2.45) is 5.73 Å². The highest BCUT2D eigenvalue weighted by atomic mass is 35.5. The van der Waals surface area contributed by atoms with Crippen LogP contribution in [0.4, 0.5) is 10.5 Å². The number of fused-ring (bicyclic) bond motifs is 3. The summed E-state index contributed by atoms with van der Waals surface area (Å²) < 4.78 is 5.16. The van der Waals surface area contributed by atoms with Crippen molar-refractivity contribution in [2.45, 2.75) is 26.3 Å². The molecule has 0 saturated heterocycles. The summed E-state index contributed by atoms with van der Waals surface area (Å²) in [6.45, 7) is 2.81. The van der Waals surface area contributed by atoms with Crippen LogP contribution in [0.25, 0.3) is 22.2 Å². The molecule has 0 aromatic heterocycles. The number of para-hydroxylation sites is 1.